The van der Waals surface area contributed by atoms with E-state index in [-0.39, 0.29) is 0 Å². The van der Waals surface area contributed by atoms with Gasteiger partial charge in [0, 0.05) is 17.6 Å². The number of benzene rings is 2. The number of rotatable bonds is 6. The van der Waals surface area contributed by atoms with Gasteiger partial charge in [-0.2, -0.15) is 0 Å². The second-order valence-electron chi connectivity index (χ2n) is 6.10. The number of hydrogen-bond acceptors (Lipinski definition) is 1. The summed E-state index contributed by atoms with van der Waals surface area (Å²) in [5.41, 5.74) is 4.10. The highest BCUT2D eigenvalue weighted by molar-refractivity contribution is 6.31. The Hall–Kier alpha value is -1.31. The van der Waals surface area contributed by atoms with E-state index >= 15 is 0 Å². The fraction of sp³-hybridized carbons (Fsp3) is 0.368. The van der Waals surface area contributed by atoms with E-state index in [0.29, 0.717) is 6.04 Å². The summed E-state index contributed by atoms with van der Waals surface area (Å²) in [4.78, 5) is 0. The van der Waals surface area contributed by atoms with Crippen molar-refractivity contribution in [3.8, 4) is 0 Å². The molecule has 1 unspecified atom stereocenters. The van der Waals surface area contributed by atoms with Gasteiger partial charge in [-0.1, -0.05) is 54.1 Å². The van der Waals surface area contributed by atoms with Gasteiger partial charge in [0.05, 0.1) is 0 Å². The molecule has 110 valence electrons. The van der Waals surface area contributed by atoms with Crippen molar-refractivity contribution in [2.75, 3.05) is 0 Å². The predicted octanol–water partition coefficient (Wildman–Crippen LogP) is 4.94. The van der Waals surface area contributed by atoms with Gasteiger partial charge in [0.2, 0.25) is 0 Å². The average Bonchev–Trinajstić information content (AvgIpc) is 3.33. The highest BCUT2D eigenvalue weighted by Crippen LogP contribution is 2.40. The summed E-state index contributed by atoms with van der Waals surface area (Å²) in [7, 11) is 0. The zero-order valence-corrected chi connectivity index (χ0v) is 13.2. The first-order valence-electron chi connectivity index (χ1n) is 7.78. The minimum Gasteiger partial charge on any atom is -0.310 e. The maximum absolute atomic E-state index is 6.22. The zero-order chi connectivity index (χ0) is 14.7. The number of halogens is 1. The molecule has 1 N–H and O–H groups in total. The van der Waals surface area contributed by atoms with Crippen LogP contribution in [0.2, 0.25) is 5.02 Å². The molecule has 0 saturated heterocycles. The Kier molecular flexibility index (Phi) is 4.62. The van der Waals surface area contributed by atoms with Gasteiger partial charge in [-0.25, -0.2) is 0 Å². The molecule has 2 aromatic rings. The first-order chi connectivity index (χ1) is 10.2. The molecule has 1 nitrogen and oxygen atoms in total. The molecule has 0 aromatic heterocycles. The first-order valence-corrected chi connectivity index (χ1v) is 8.16. The summed E-state index contributed by atoms with van der Waals surface area (Å²) in [6.07, 6.45) is 3.68. The third-order valence-corrected chi connectivity index (χ3v) is 4.51. The van der Waals surface area contributed by atoms with E-state index in [1.807, 2.05) is 18.2 Å². The largest absolute Gasteiger partial charge is 0.310 e. The van der Waals surface area contributed by atoms with E-state index in [1.165, 1.54) is 29.5 Å². The lowest BCUT2D eigenvalue weighted by Gasteiger charge is -2.15. The van der Waals surface area contributed by atoms with Gasteiger partial charge in [-0.15, -0.1) is 0 Å². The zero-order valence-electron chi connectivity index (χ0n) is 12.5. The van der Waals surface area contributed by atoms with Crippen molar-refractivity contribution >= 4 is 11.6 Å². The Bertz CT molecular complexity index is 604. The quantitative estimate of drug-likeness (QED) is 0.797. The van der Waals surface area contributed by atoms with E-state index in [0.717, 1.165) is 23.9 Å². The molecule has 0 radical (unpaired) electrons. The van der Waals surface area contributed by atoms with Crippen LogP contribution in [0.3, 0.4) is 0 Å². The van der Waals surface area contributed by atoms with E-state index in [1.54, 1.807) is 0 Å². The molecule has 1 aliphatic rings. The van der Waals surface area contributed by atoms with Crippen LogP contribution in [-0.4, -0.2) is 6.04 Å². The van der Waals surface area contributed by atoms with Crippen molar-refractivity contribution in [3.63, 3.8) is 0 Å². The van der Waals surface area contributed by atoms with E-state index in [2.05, 4.69) is 42.6 Å². The topological polar surface area (TPSA) is 12.0 Å². The molecule has 1 saturated carbocycles. The molecule has 0 aliphatic heterocycles. The van der Waals surface area contributed by atoms with Gasteiger partial charge in [-0.05, 0) is 54.9 Å². The highest BCUT2D eigenvalue weighted by Gasteiger charge is 2.23. The molecule has 0 bridgehead atoms. The lowest BCUT2D eigenvalue weighted by atomic mass is 10.1. The lowest BCUT2D eigenvalue weighted by molar-refractivity contribution is 0.545. The Morgan fingerprint density at radius 1 is 1.14 bits per heavy atom. The molecule has 2 aromatic carbocycles. The van der Waals surface area contributed by atoms with Crippen LogP contribution in [0.25, 0.3) is 0 Å². The van der Waals surface area contributed by atoms with Crippen LogP contribution < -0.4 is 5.32 Å². The van der Waals surface area contributed by atoms with Crippen LogP contribution in [0, 0.1) is 0 Å². The van der Waals surface area contributed by atoms with Crippen molar-refractivity contribution in [3.05, 3.63) is 70.2 Å². The van der Waals surface area contributed by atoms with Gasteiger partial charge < -0.3 is 5.32 Å². The van der Waals surface area contributed by atoms with Gasteiger partial charge >= 0.3 is 0 Å². The Morgan fingerprint density at radius 3 is 2.71 bits per heavy atom. The molecule has 3 rings (SSSR count). The number of hydrogen-bond donors (Lipinski definition) is 1. The van der Waals surface area contributed by atoms with Crippen molar-refractivity contribution in [2.24, 2.45) is 0 Å². The summed E-state index contributed by atoms with van der Waals surface area (Å²) >= 11 is 6.22. The Morgan fingerprint density at radius 2 is 1.95 bits per heavy atom. The lowest BCUT2D eigenvalue weighted by Crippen LogP contribution is -2.27. The maximum atomic E-state index is 6.22. The second-order valence-corrected chi connectivity index (χ2v) is 6.50. The van der Waals surface area contributed by atoms with Crippen molar-refractivity contribution < 1.29 is 0 Å². The third-order valence-electron chi connectivity index (χ3n) is 4.14. The average molecular weight is 300 g/mol. The minimum absolute atomic E-state index is 0.412. The summed E-state index contributed by atoms with van der Waals surface area (Å²) in [5, 5.41) is 4.47. The monoisotopic (exact) mass is 299 g/mol. The van der Waals surface area contributed by atoms with Crippen LogP contribution in [0.15, 0.2) is 48.5 Å². The highest BCUT2D eigenvalue weighted by atomic mass is 35.5. The smallest absolute Gasteiger partial charge is 0.0438 e. The first kappa shape index (κ1) is 14.6. The summed E-state index contributed by atoms with van der Waals surface area (Å²) in [6.45, 7) is 3.14. The molecule has 0 amide bonds. The summed E-state index contributed by atoms with van der Waals surface area (Å²) < 4.78 is 0. The van der Waals surface area contributed by atoms with Crippen molar-refractivity contribution in [1.82, 2.24) is 5.32 Å². The van der Waals surface area contributed by atoms with E-state index in [9.17, 15) is 0 Å². The minimum atomic E-state index is 0.412. The second kappa shape index (κ2) is 6.64. The summed E-state index contributed by atoms with van der Waals surface area (Å²) in [5.74, 6) is 0.825. The molecule has 1 fully saturated rings. The summed E-state index contributed by atoms with van der Waals surface area (Å²) in [6, 6.07) is 17.5. The van der Waals surface area contributed by atoms with E-state index < -0.39 is 0 Å². The molecule has 2 heteroatoms. The van der Waals surface area contributed by atoms with Crippen LogP contribution in [0.1, 0.15) is 42.4 Å². The van der Waals surface area contributed by atoms with E-state index in [4.69, 9.17) is 11.6 Å². The van der Waals surface area contributed by atoms with Crippen LogP contribution in [0.4, 0.5) is 0 Å². The third kappa shape index (κ3) is 4.09. The molecule has 1 atom stereocenters. The fourth-order valence-electron chi connectivity index (χ4n) is 2.73. The predicted molar refractivity (Wildman–Crippen MR) is 89.9 cm³/mol. The molecular weight excluding hydrogens is 278 g/mol. The SMILES string of the molecule is CC(Cc1ccccc1Cl)NCc1cccc(C2CC2)c1. The molecule has 1 aliphatic carbocycles. The normalized spacial score (nSPS) is 15.9. The van der Waals surface area contributed by atoms with Crippen molar-refractivity contribution in [1.29, 1.82) is 0 Å². The van der Waals surface area contributed by atoms with Crippen LogP contribution in [-0.2, 0) is 13.0 Å². The van der Waals surface area contributed by atoms with Gasteiger partial charge in [-0.3, -0.25) is 0 Å². The van der Waals surface area contributed by atoms with Gasteiger partial charge in [0.1, 0.15) is 0 Å². The maximum Gasteiger partial charge on any atom is 0.0438 e. The van der Waals surface area contributed by atoms with Crippen LogP contribution in [0.5, 0.6) is 0 Å². The standard InChI is InChI=1S/C19H22ClN/c1-14(11-18-6-2-3-8-19(18)20)21-13-15-5-4-7-17(12-15)16-9-10-16/h2-8,12,14,16,21H,9-11,13H2,1H3. The molecule has 0 heterocycles. The fourth-order valence-corrected chi connectivity index (χ4v) is 2.94. The van der Waals surface area contributed by atoms with Crippen molar-refractivity contribution in [2.45, 2.75) is 44.7 Å². The van der Waals surface area contributed by atoms with Crippen LogP contribution >= 0.6 is 11.6 Å². The Labute approximate surface area is 132 Å². The number of nitrogens with one attached hydrogen (secondary N) is 1. The Balaban J connectivity index is 1.54. The molecular formula is C19H22ClN. The molecule has 0 spiro atoms. The molecule has 21 heavy (non-hydrogen) atoms. The van der Waals surface area contributed by atoms with Gasteiger partial charge in [0.15, 0.2) is 0 Å². The van der Waals surface area contributed by atoms with Gasteiger partial charge in [0.25, 0.3) is 0 Å².